The van der Waals surface area contributed by atoms with Gasteiger partial charge in [0.05, 0.1) is 6.04 Å². The molecule has 0 bridgehead atoms. The molecule has 0 spiro atoms. The number of carbonyl (C=O) groups excluding carboxylic acids is 1. The van der Waals surface area contributed by atoms with E-state index in [4.69, 9.17) is 23.2 Å². The van der Waals surface area contributed by atoms with Crippen molar-refractivity contribution in [2.75, 3.05) is 6.54 Å². The van der Waals surface area contributed by atoms with E-state index in [1.165, 1.54) is 5.56 Å². The molecule has 1 amide bonds. The van der Waals surface area contributed by atoms with Crippen molar-refractivity contribution in [3.8, 4) is 0 Å². The molecule has 2 aromatic carbocycles. The van der Waals surface area contributed by atoms with Crippen LogP contribution in [0.4, 0.5) is 0 Å². The fraction of sp³-hybridized carbons (Fsp3) is 0.278. The van der Waals surface area contributed by atoms with Crippen LogP contribution in [0.2, 0.25) is 0 Å². The molecule has 2 aromatic rings. The molecule has 2 nitrogen and oxygen atoms in total. The quantitative estimate of drug-likeness (QED) is 0.705. The maximum Gasteiger partial charge on any atom is 0.256 e. The van der Waals surface area contributed by atoms with Gasteiger partial charge in [0.15, 0.2) is 4.84 Å². The molecule has 4 heteroatoms. The van der Waals surface area contributed by atoms with Crippen LogP contribution in [0.15, 0.2) is 60.7 Å². The number of alkyl halides is 2. The van der Waals surface area contributed by atoms with Crippen LogP contribution in [-0.2, 0) is 11.2 Å². The summed E-state index contributed by atoms with van der Waals surface area (Å²) in [6.45, 7) is 2.50. The summed E-state index contributed by atoms with van der Waals surface area (Å²) in [4.78, 5) is 13.0. The van der Waals surface area contributed by atoms with Crippen LogP contribution in [0.25, 0.3) is 0 Å². The van der Waals surface area contributed by atoms with Crippen molar-refractivity contribution in [1.82, 2.24) is 4.90 Å². The van der Waals surface area contributed by atoms with Gasteiger partial charge < -0.3 is 4.90 Å². The lowest BCUT2D eigenvalue weighted by atomic mass is 9.97. The first-order valence-electron chi connectivity index (χ1n) is 7.31. The third kappa shape index (κ3) is 4.25. The number of amides is 1. The monoisotopic (exact) mass is 335 g/mol. The smallest absolute Gasteiger partial charge is 0.256 e. The van der Waals surface area contributed by atoms with Gasteiger partial charge in [-0.05, 0) is 24.5 Å². The minimum absolute atomic E-state index is 0.0823. The third-order valence-electron chi connectivity index (χ3n) is 3.64. The van der Waals surface area contributed by atoms with E-state index in [0.717, 1.165) is 12.0 Å². The van der Waals surface area contributed by atoms with E-state index in [-0.39, 0.29) is 11.9 Å². The highest BCUT2D eigenvalue weighted by molar-refractivity contribution is 6.53. The zero-order valence-electron chi connectivity index (χ0n) is 12.5. The van der Waals surface area contributed by atoms with Crippen LogP contribution in [-0.4, -0.2) is 22.2 Å². The SMILES string of the molecule is CCN(C(=O)C(Cl)Cl)[C@H](Cc1ccccc1)c1ccccc1. The average Bonchev–Trinajstić information content (AvgIpc) is 2.56. The lowest BCUT2D eigenvalue weighted by Gasteiger charge is -2.32. The topological polar surface area (TPSA) is 20.3 Å². The van der Waals surface area contributed by atoms with Gasteiger partial charge in [-0.2, -0.15) is 0 Å². The van der Waals surface area contributed by atoms with E-state index in [2.05, 4.69) is 12.1 Å². The lowest BCUT2D eigenvalue weighted by molar-refractivity contribution is -0.131. The Hall–Kier alpha value is -1.51. The van der Waals surface area contributed by atoms with Crippen LogP contribution < -0.4 is 0 Å². The van der Waals surface area contributed by atoms with Gasteiger partial charge in [0.1, 0.15) is 0 Å². The predicted octanol–water partition coefficient (Wildman–Crippen LogP) is 4.62. The fourth-order valence-electron chi connectivity index (χ4n) is 2.58. The molecule has 1 atom stereocenters. The van der Waals surface area contributed by atoms with Crippen molar-refractivity contribution in [3.63, 3.8) is 0 Å². The Kier molecular flexibility index (Phi) is 6.29. The molecule has 0 heterocycles. The van der Waals surface area contributed by atoms with Crippen LogP contribution >= 0.6 is 23.2 Å². The zero-order valence-corrected chi connectivity index (χ0v) is 14.0. The highest BCUT2D eigenvalue weighted by Crippen LogP contribution is 2.27. The van der Waals surface area contributed by atoms with Crippen LogP contribution in [0.5, 0.6) is 0 Å². The van der Waals surface area contributed by atoms with Crippen LogP contribution in [0.1, 0.15) is 24.1 Å². The standard InChI is InChI=1S/C18H19Cl2NO/c1-2-21(18(22)17(19)20)16(15-11-7-4-8-12-15)13-14-9-5-3-6-10-14/h3-12,16-17H,2,13H2,1H3/t16-/m1/s1. The van der Waals surface area contributed by atoms with E-state index in [1.54, 1.807) is 4.90 Å². The van der Waals surface area contributed by atoms with Gasteiger partial charge in [0, 0.05) is 6.54 Å². The molecule has 0 unspecified atom stereocenters. The molecule has 0 radical (unpaired) electrons. The molecule has 0 aromatic heterocycles. The Bertz CT molecular complexity index is 587. The minimum Gasteiger partial charge on any atom is -0.333 e. The number of hydrogen-bond donors (Lipinski definition) is 0. The first-order valence-corrected chi connectivity index (χ1v) is 8.18. The minimum atomic E-state index is -1.04. The van der Waals surface area contributed by atoms with Crippen molar-refractivity contribution in [1.29, 1.82) is 0 Å². The Morgan fingerprint density at radius 3 is 2.05 bits per heavy atom. The summed E-state index contributed by atoms with van der Waals surface area (Å²) in [5.41, 5.74) is 2.25. The van der Waals surface area contributed by atoms with Gasteiger partial charge in [-0.15, -0.1) is 0 Å². The Balaban J connectivity index is 2.34. The lowest BCUT2D eigenvalue weighted by Crippen LogP contribution is -2.39. The highest BCUT2D eigenvalue weighted by Gasteiger charge is 2.27. The second-order valence-electron chi connectivity index (χ2n) is 5.04. The van der Waals surface area contributed by atoms with Crippen molar-refractivity contribution in [3.05, 3.63) is 71.8 Å². The Morgan fingerprint density at radius 1 is 1.00 bits per heavy atom. The first kappa shape index (κ1) is 16.9. The second kappa shape index (κ2) is 8.21. The molecule has 0 N–H and O–H groups in total. The number of rotatable bonds is 6. The van der Waals surface area contributed by atoms with Crippen molar-refractivity contribution < 1.29 is 4.79 Å². The molecule has 0 saturated carbocycles. The summed E-state index contributed by atoms with van der Waals surface area (Å²) >= 11 is 11.6. The van der Waals surface area contributed by atoms with Crippen molar-refractivity contribution in [2.45, 2.75) is 24.2 Å². The number of hydrogen-bond acceptors (Lipinski definition) is 1. The molecule has 22 heavy (non-hydrogen) atoms. The Labute approximate surface area is 141 Å². The highest BCUT2D eigenvalue weighted by atomic mass is 35.5. The van der Waals surface area contributed by atoms with Gasteiger partial charge in [0.2, 0.25) is 0 Å². The zero-order chi connectivity index (χ0) is 15.9. The molecular weight excluding hydrogens is 317 g/mol. The largest absolute Gasteiger partial charge is 0.333 e. The maximum absolute atomic E-state index is 12.3. The van der Waals surface area contributed by atoms with Crippen molar-refractivity contribution >= 4 is 29.1 Å². The second-order valence-corrected chi connectivity index (χ2v) is 6.14. The van der Waals surface area contributed by atoms with E-state index in [0.29, 0.717) is 6.54 Å². The number of halogens is 2. The molecule has 0 aliphatic rings. The summed E-state index contributed by atoms with van der Waals surface area (Å²) in [5, 5.41) is 0. The molecule has 2 rings (SSSR count). The number of carbonyl (C=O) groups is 1. The van der Waals surface area contributed by atoms with E-state index >= 15 is 0 Å². The van der Waals surface area contributed by atoms with Gasteiger partial charge >= 0.3 is 0 Å². The summed E-state index contributed by atoms with van der Waals surface area (Å²) in [6.07, 6.45) is 0.727. The number of likely N-dealkylation sites (N-methyl/N-ethyl adjacent to an activating group) is 1. The molecule has 0 saturated heterocycles. The first-order chi connectivity index (χ1) is 10.6. The maximum atomic E-state index is 12.3. The molecular formula is C18H19Cl2NO. The van der Waals surface area contributed by atoms with E-state index in [1.807, 2.05) is 55.5 Å². The van der Waals surface area contributed by atoms with Gasteiger partial charge in [0.25, 0.3) is 5.91 Å². The molecule has 0 aliphatic carbocycles. The predicted molar refractivity (Wildman–Crippen MR) is 92.2 cm³/mol. The van der Waals surface area contributed by atoms with Gasteiger partial charge in [-0.25, -0.2) is 0 Å². The average molecular weight is 336 g/mol. The van der Waals surface area contributed by atoms with Gasteiger partial charge in [-0.1, -0.05) is 83.9 Å². The molecule has 116 valence electrons. The summed E-state index contributed by atoms with van der Waals surface area (Å²) in [7, 11) is 0. The van der Waals surface area contributed by atoms with Crippen molar-refractivity contribution in [2.24, 2.45) is 0 Å². The van der Waals surface area contributed by atoms with E-state index in [9.17, 15) is 4.79 Å². The molecule has 0 fully saturated rings. The summed E-state index contributed by atoms with van der Waals surface area (Å²) < 4.78 is 0. The van der Waals surface area contributed by atoms with Crippen LogP contribution in [0, 0.1) is 0 Å². The third-order valence-corrected chi connectivity index (χ3v) is 4.02. The number of nitrogens with zero attached hydrogens (tertiary/aromatic N) is 1. The van der Waals surface area contributed by atoms with E-state index < -0.39 is 4.84 Å². The fourth-order valence-corrected chi connectivity index (χ4v) is 2.83. The van der Waals surface area contributed by atoms with Gasteiger partial charge in [-0.3, -0.25) is 4.79 Å². The summed E-state index contributed by atoms with van der Waals surface area (Å²) in [5.74, 6) is -0.254. The summed E-state index contributed by atoms with van der Waals surface area (Å²) in [6, 6.07) is 20.0. The Morgan fingerprint density at radius 2 is 1.55 bits per heavy atom. The normalized spacial score (nSPS) is 12.2. The van der Waals surface area contributed by atoms with Crippen LogP contribution in [0.3, 0.4) is 0 Å². The number of benzene rings is 2. The molecule has 0 aliphatic heterocycles.